The Labute approximate surface area is 173 Å². The molecule has 0 heterocycles. The Morgan fingerprint density at radius 2 is 1.57 bits per heavy atom. The summed E-state index contributed by atoms with van der Waals surface area (Å²) >= 11 is 0. The highest BCUT2D eigenvalue weighted by molar-refractivity contribution is 5.91. The molecule has 0 atom stereocenters. The van der Waals surface area contributed by atoms with Gasteiger partial charge in [0.2, 0.25) is 0 Å². The summed E-state index contributed by atoms with van der Waals surface area (Å²) in [5.41, 5.74) is 3.58. The van der Waals surface area contributed by atoms with Gasteiger partial charge in [0.1, 0.15) is 5.75 Å². The van der Waals surface area contributed by atoms with Gasteiger partial charge in [0.25, 0.3) is 5.91 Å². The third-order valence-electron chi connectivity index (χ3n) is 3.93. The van der Waals surface area contributed by atoms with Crippen LogP contribution in [0.2, 0.25) is 0 Å². The molecule has 3 aromatic carbocycles. The molecule has 0 aromatic heterocycles. The van der Waals surface area contributed by atoms with Crippen molar-refractivity contribution < 1.29 is 23.8 Å². The summed E-state index contributed by atoms with van der Waals surface area (Å²) < 4.78 is 15.9. The van der Waals surface area contributed by atoms with Gasteiger partial charge < -0.3 is 14.2 Å². The van der Waals surface area contributed by atoms with E-state index in [1.54, 1.807) is 66.7 Å². The zero-order chi connectivity index (χ0) is 21.2. The van der Waals surface area contributed by atoms with Crippen molar-refractivity contribution in [1.82, 2.24) is 5.43 Å². The van der Waals surface area contributed by atoms with Crippen LogP contribution >= 0.6 is 0 Å². The molecule has 0 spiro atoms. The molecule has 3 rings (SSSR count). The zero-order valence-corrected chi connectivity index (χ0v) is 16.3. The minimum absolute atomic E-state index is 0.202. The van der Waals surface area contributed by atoms with E-state index in [1.165, 1.54) is 13.3 Å². The lowest BCUT2D eigenvalue weighted by molar-refractivity contribution is -0.123. The fourth-order valence-corrected chi connectivity index (χ4v) is 2.45. The molecule has 0 aliphatic rings. The third kappa shape index (κ3) is 5.93. The molecule has 0 unspecified atom stereocenters. The molecule has 7 nitrogen and oxygen atoms in total. The van der Waals surface area contributed by atoms with E-state index >= 15 is 0 Å². The van der Waals surface area contributed by atoms with Crippen molar-refractivity contribution >= 4 is 18.1 Å². The maximum atomic E-state index is 12.0. The molecule has 0 bridgehead atoms. The number of carbonyl (C=O) groups excluding carboxylic acids is 2. The van der Waals surface area contributed by atoms with E-state index in [2.05, 4.69) is 10.5 Å². The first-order chi connectivity index (χ1) is 14.7. The maximum Gasteiger partial charge on any atom is 0.343 e. The lowest BCUT2D eigenvalue weighted by atomic mass is 10.2. The molecule has 30 heavy (non-hydrogen) atoms. The molecule has 3 aromatic rings. The molecule has 1 N–H and O–H groups in total. The van der Waals surface area contributed by atoms with Gasteiger partial charge in [-0.05, 0) is 54.1 Å². The van der Waals surface area contributed by atoms with E-state index in [-0.39, 0.29) is 6.61 Å². The third-order valence-corrected chi connectivity index (χ3v) is 3.93. The Bertz CT molecular complexity index is 1020. The van der Waals surface area contributed by atoms with Crippen molar-refractivity contribution in [2.24, 2.45) is 5.10 Å². The molecule has 0 aliphatic heterocycles. The average Bonchev–Trinajstić information content (AvgIpc) is 2.79. The van der Waals surface area contributed by atoms with Crippen LogP contribution in [0.5, 0.6) is 17.2 Å². The van der Waals surface area contributed by atoms with E-state index < -0.39 is 11.9 Å². The minimum atomic E-state index is -0.431. The summed E-state index contributed by atoms with van der Waals surface area (Å²) in [4.78, 5) is 23.9. The van der Waals surface area contributed by atoms with Crippen LogP contribution in [0.4, 0.5) is 0 Å². The van der Waals surface area contributed by atoms with Crippen molar-refractivity contribution in [3.05, 3.63) is 90.0 Å². The predicted molar refractivity (Wildman–Crippen MR) is 112 cm³/mol. The standard InChI is InChI=1S/C23H20N2O5/c1-28-20-9-5-6-10-21(20)29-16-22(26)25-24-15-17-11-13-19(14-12-17)30-23(27)18-7-3-2-4-8-18/h2-15H,16H2,1H3,(H,25,26)/b24-15+. The van der Waals surface area contributed by atoms with Crippen LogP contribution in [-0.4, -0.2) is 31.8 Å². The maximum absolute atomic E-state index is 12.0. The van der Waals surface area contributed by atoms with E-state index in [0.717, 1.165) is 5.56 Å². The van der Waals surface area contributed by atoms with Crippen molar-refractivity contribution in [3.8, 4) is 17.2 Å². The van der Waals surface area contributed by atoms with E-state index in [0.29, 0.717) is 22.8 Å². The van der Waals surface area contributed by atoms with Crippen LogP contribution in [0.25, 0.3) is 0 Å². The number of hydrazone groups is 1. The monoisotopic (exact) mass is 404 g/mol. The van der Waals surface area contributed by atoms with Crippen LogP contribution in [0, 0.1) is 0 Å². The molecular formula is C23H20N2O5. The first-order valence-electron chi connectivity index (χ1n) is 9.11. The summed E-state index contributed by atoms with van der Waals surface area (Å²) in [6, 6.07) is 22.5. The van der Waals surface area contributed by atoms with Crippen LogP contribution in [0.1, 0.15) is 15.9 Å². The number of hydrogen-bond donors (Lipinski definition) is 1. The second-order valence-corrected chi connectivity index (χ2v) is 6.06. The molecular weight excluding hydrogens is 384 g/mol. The Balaban J connectivity index is 1.47. The predicted octanol–water partition coefficient (Wildman–Crippen LogP) is 3.44. The molecule has 0 aliphatic carbocycles. The van der Waals surface area contributed by atoms with Crippen molar-refractivity contribution in [3.63, 3.8) is 0 Å². The molecule has 7 heteroatoms. The number of para-hydroxylation sites is 2. The summed E-state index contributed by atoms with van der Waals surface area (Å²) in [5.74, 6) is 0.585. The van der Waals surface area contributed by atoms with Gasteiger partial charge >= 0.3 is 5.97 Å². The summed E-state index contributed by atoms with van der Waals surface area (Å²) in [5, 5.41) is 3.89. The Hall–Kier alpha value is -4.13. The van der Waals surface area contributed by atoms with Crippen molar-refractivity contribution in [2.75, 3.05) is 13.7 Å². The number of nitrogens with zero attached hydrogens (tertiary/aromatic N) is 1. The van der Waals surface area contributed by atoms with Gasteiger partial charge in [-0.2, -0.15) is 5.10 Å². The number of ether oxygens (including phenoxy) is 3. The molecule has 0 radical (unpaired) electrons. The first-order valence-corrected chi connectivity index (χ1v) is 9.11. The first kappa shape index (κ1) is 20.6. The van der Waals surface area contributed by atoms with E-state index in [4.69, 9.17) is 14.2 Å². The zero-order valence-electron chi connectivity index (χ0n) is 16.3. The van der Waals surface area contributed by atoms with Gasteiger partial charge in [-0.1, -0.05) is 30.3 Å². The molecule has 0 saturated carbocycles. The lowest BCUT2D eigenvalue weighted by Crippen LogP contribution is -2.24. The summed E-state index contributed by atoms with van der Waals surface area (Å²) in [6.07, 6.45) is 1.48. The normalized spacial score (nSPS) is 10.4. The SMILES string of the molecule is COc1ccccc1OCC(=O)N/N=C/c1ccc(OC(=O)c2ccccc2)cc1. The van der Waals surface area contributed by atoms with Crippen molar-refractivity contribution in [2.45, 2.75) is 0 Å². The van der Waals surface area contributed by atoms with E-state index in [1.807, 2.05) is 12.1 Å². The number of esters is 1. The van der Waals surface area contributed by atoms with Gasteiger partial charge in [0.05, 0.1) is 18.9 Å². The quantitative estimate of drug-likeness (QED) is 0.269. The largest absolute Gasteiger partial charge is 0.493 e. The summed E-state index contributed by atoms with van der Waals surface area (Å²) in [6.45, 7) is -0.202. The molecule has 152 valence electrons. The fourth-order valence-electron chi connectivity index (χ4n) is 2.45. The van der Waals surface area contributed by atoms with Gasteiger partial charge in [-0.25, -0.2) is 10.2 Å². The highest BCUT2D eigenvalue weighted by Crippen LogP contribution is 2.25. The Morgan fingerprint density at radius 1 is 0.900 bits per heavy atom. The van der Waals surface area contributed by atoms with Crippen LogP contribution in [0.15, 0.2) is 84.0 Å². The molecule has 0 saturated heterocycles. The van der Waals surface area contributed by atoms with Crippen molar-refractivity contribution in [1.29, 1.82) is 0 Å². The Kier molecular flexibility index (Phi) is 7.16. The molecule has 0 fully saturated rings. The van der Waals surface area contributed by atoms with Gasteiger partial charge in [-0.3, -0.25) is 4.79 Å². The second kappa shape index (κ2) is 10.4. The number of hydrogen-bond acceptors (Lipinski definition) is 6. The van der Waals surface area contributed by atoms with Gasteiger partial charge in [0.15, 0.2) is 18.1 Å². The highest BCUT2D eigenvalue weighted by Gasteiger charge is 2.08. The number of nitrogens with one attached hydrogen (secondary N) is 1. The number of carbonyl (C=O) groups is 2. The van der Waals surface area contributed by atoms with Crippen LogP contribution < -0.4 is 19.6 Å². The van der Waals surface area contributed by atoms with E-state index in [9.17, 15) is 9.59 Å². The average molecular weight is 404 g/mol. The smallest absolute Gasteiger partial charge is 0.343 e. The van der Waals surface area contributed by atoms with Crippen LogP contribution in [-0.2, 0) is 4.79 Å². The van der Waals surface area contributed by atoms with Gasteiger partial charge in [0, 0.05) is 0 Å². The Morgan fingerprint density at radius 3 is 2.27 bits per heavy atom. The van der Waals surface area contributed by atoms with Gasteiger partial charge in [-0.15, -0.1) is 0 Å². The second-order valence-electron chi connectivity index (χ2n) is 6.06. The summed E-state index contributed by atoms with van der Waals surface area (Å²) in [7, 11) is 1.53. The lowest BCUT2D eigenvalue weighted by Gasteiger charge is -2.09. The fraction of sp³-hybridized carbons (Fsp3) is 0.0870. The van der Waals surface area contributed by atoms with Crippen LogP contribution in [0.3, 0.4) is 0 Å². The number of methoxy groups -OCH3 is 1. The number of benzene rings is 3. The highest BCUT2D eigenvalue weighted by atomic mass is 16.5. The topological polar surface area (TPSA) is 86.2 Å². The minimum Gasteiger partial charge on any atom is -0.493 e. The number of amides is 1. The number of rotatable bonds is 8. The molecule has 1 amide bonds.